The Morgan fingerprint density at radius 2 is 2.12 bits per heavy atom. The van der Waals surface area contributed by atoms with Crippen LogP contribution in [0.2, 0.25) is 0 Å². The maximum absolute atomic E-state index is 5.67. The molecular formula is C12H16N4O. The lowest BCUT2D eigenvalue weighted by Gasteiger charge is -2.08. The Morgan fingerprint density at radius 1 is 1.29 bits per heavy atom. The number of benzene rings is 1. The maximum Gasteiger partial charge on any atom is 0.222 e. The van der Waals surface area contributed by atoms with Crippen molar-refractivity contribution in [3.05, 3.63) is 24.3 Å². The number of rotatable bonds is 5. The summed E-state index contributed by atoms with van der Waals surface area (Å²) in [5.74, 6) is 1.07. The second-order valence-corrected chi connectivity index (χ2v) is 3.72. The fourth-order valence-electron chi connectivity index (χ4n) is 1.65. The van der Waals surface area contributed by atoms with Crippen LogP contribution in [0, 0.1) is 0 Å². The molecule has 1 aromatic heterocycles. The van der Waals surface area contributed by atoms with Crippen molar-refractivity contribution in [2.24, 2.45) is 0 Å². The molecule has 0 saturated carbocycles. The minimum absolute atomic E-state index is 0.290. The average Bonchev–Trinajstić information content (AvgIpc) is 2.34. The highest BCUT2D eigenvalue weighted by atomic mass is 16.5. The van der Waals surface area contributed by atoms with Crippen LogP contribution in [0.15, 0.2) is 24.3 Å². The molecule has 0 spiro atoms. The quantitative estimate of drug-likeness (QED) is 0.767. The van der Waals surface area contributed by atoms with Crippen molar-refractivity contribution >= 4 is 22.7 Å². The number of nitrogen functional groups attached to an aromatic ring is 1. The molecule has 2 rings (SSSR count). The Bertz CT molecular complexity index is 501. The molecule has 0 saturated heterocycles. The zero-order valence-electron chi connectivity index (χ0n) is 9.81. The van der Waals surface area contributed by atoms with Crippen LogP contribution in [0.5, 0.6) is 0 Å². The number of ether oxygens (including phenoxy) is 1. The Hall–Kier alpha value is -1.88. The summed E-state index contributed by atoms with van der Waals surface area (Å²) in [4.78, 5) is 8.40. The van der Waals surface area contributed by atoms with Crippen LogP contribution in [0.1, 0.15) is 6.42 Å². The summed E-state index contributed by atoms with van der Waals surface area (Å²) in [6, 6.07) is 7.80. The van der Waals surface area contributed by atoms with Gasteiger partial charge >= 0.3 is 0 Å². The van der Waals surface area contributed by atoms with E-state index < -0.39 is 0 Å². The normalized spacial score (nSPS) is 10.6. The number of para-hydroxylation sites is 1. The molecule has 1 aromatic carbocycles. The molecule has 2 aromatic rings. The van der Waals surface area contributed by atoms with E-state index in [0.29, 0.717) is 0 Å². The predicted octanol–water partition coefficient (Wildman–Crippen LogP) is 1.66. The van der Waals surface area contributed by atoms with Crippen LogP contribution in [-0.2, 0) is 4.74 Å². The molecule has 1 heterocycles. The Labute approximate surface area is 100 Å². The van der Waals surface area contributed by atoms with Gasteiger partial charge in [0, 0.05) is 25.6 Å². The summed E-state index contributed by atoms with van der Waals surface area (Å²) < 4.78 is 4.99. The SMILES string of the molecule is COCCCNc1nc(N)nc2ccccc12. The molecule has 17 heavy (non-hydrogen) atoms. The Balaban J connectivity index is 2.20. The first-order valence-electron chi connectivity index (χ1n) is 5.56. The van der Waals surface area contributed by atoms with Gasteiger partial charge in [-0.15, -0.1) is 0 Å². The first-order valence-corrected chi connectivity index (χ1v) is 5.56. The molecule has 0 atom stereocenters. The van der Waals surface area contributed by atoms with E-state index in [1.807, 2.05) is 24.3 Å². The first-order chi connectivity index (χ1) is 8.31. The van der Waals surface area contributed by atoms with Gasteiger partial charge in [-0.3, -0.25) is 0 Å². The smallest absolute Gasteiger partial charge is 0.222 e. The second kappa shape index (κ2) is 5.45. The molecule has 0 radical (unpaired) electrons. The highest BCUT2D eigenvalue weighted by Crippen LogP contribution is 2.20. The van der Waals surface area contributed by atoms with Crippen LogP contribution in [-0.4, -0.2) is 30.2 Å². The number of nitrogens with two attached hydrogens (primary N) is 1. The summed E-state index contributed by atoms with van der Waals surface area (Å²) in [5.41, 5.74) is 6.52. The molecule has 0 aliphatic heterocycles. The zero-order valence-corrected chi connectivity index (χ0v) is 9.81. The van der Waals surface area contributed by atoms with E-state index >= 15 is 0 Å². The van der Waals surface area contributed by atoms with E-state index in [1.165, 1.54) is 0 Å². The minimum atomic E-state index is 0.290. The number of fused-ring (bicyclic) bond motifs is 1. The van der Waals surface area contributed by atoms with Crippen LogP contribution in [0.4, 0.5) is 11.8 Å². The lowest BCUT2D eigenvalue weighted by atomic mass is 10.2. The predicted molar refractivity (Wildman–Crippen MR) is 68.9 cm³/mol. The molecule has 3 N–H and O–H groups in total. The molecule has 5 heteroatoms. The van der Waals surface area contributed by atoms with E-state index in [0.717, 1.165) is 36.3 Å². The monoisotopic (exact) mass is 232 g/mol. The van der Waals surface area contributed by atoms with Crippen LogP contribution < -0.4 is 11.1 Å². The molecule has 0 bridgehead atoms. The molecule has 5 nitrogen and oxygen atoms in total. The molecule has 0 amide bonds. The lowest BCUT2D eigenvalue weighted by Crippen LogP contribution is -2.08. The van der Waals surface area contributed by atoms with Gasteiger partial charge in [0.15, 0.2) is 0 Å². The molecule has 0 unspecified atom stereocenters. The van der Waals surface area contributed by atoms with Gasteiger partial charge in [-0.2, -0.15) is 4.98 Å². The summed E-state index contributed by atoms with van der Waals surface area (Å²) in [6.07, 6.45) is 0.925. The molecule has 0 aliphatic rings. The number of nitrogens with zero attached hydrogens (tertiary/aromatic N) is 2. The summed E-state index contributed by atoms with van der Waals surface area (Å²) in [6.45, 7) is 1.53. The molecular weight excluding hydrogens is 216 g/mol. The first kappa shape index (κ1) is 11.6. The number of anilines is 2. The largest absolute Gasteiger partial charge is 0.385 e. The fraction of sp³-hybridized carbons (Fsp3) is 0.333. The third-order valence-electron chi connectivity index (χ3n) is 2.44. The van der Waals surface area contributed by atoms with Crippen LogP contribution in [0.25, 0.3) is 10.9 Å². The number of methoxy groups -OCH3 is 1. The van der Waals surface area contributed by atoms with Gasteiger partial charge in [-0.05, 0) is 18.6 Å². The van der Waals surface area contributed by atoms with E-state index in [9.17, 15) is 0 Å². The fourth-order valence-corrected chi connectivity index (χ4v) is 1.65. The maximum atomic E-state index is 5.67. The highest BCUT2D eigenvalue weighted by molar-refractivity contribution is 5.89. The van der Waals surface area contributed by atoms with Crippen molar-refractivity contribution in [2.45, 2.75) is 6.42 Å². The summed E-state index contributed by atoms with van der Waals surface area (Å²) in [5, 5.41) is 4.24. The van der Waals surface area contributed by atoms with Crippen molar-refractivity contribution < 1.29 is 4.74 Å². The van der Waals surface area contributed by atoms with Crippen molar-refractivity contribution in [3.8, 4) is 0 Å². The zero-order chi connectivity index (χ0) is 12.1. The lowest BCUT2D eigenvalue weighted by molar-refractivity contribution is 0.198. The van der Waals surface area contributed by atoms with Gasteiger partial charge in [0.05, 0.1) is 5.52 Å². The van der Waals surface area contributed by atoms with Gasteiger partial charge in [-0.1, -0.05) is 12.1 Å². The average molecular weight is 232 g/mol. The van der Waals surface area contributed by atoms with Gasteiger partial charge in [0.1, 0.15) is 5.82 Å². The third kappa shape index (κ3) is 2.82. The Morgan fingerprint density at radius 3 is 2.94 bits per heavy atom. The van der Waals surface area contributed by atoms with E-state index in [4.69, 9.17) is 10.5 Å². The summed E-state index contributed by atoms with van der Waals surface area (Å²) in [7, 11) is 1.69. The second-order valence-electron chi connectivity index (χ2n) is 3.72. The van der Waals surface area contributed by atoms with E-state index in [-0.39, 0.29) is 5.95 Å². The molecule has 90 valence electrons. The van der Waals surface area contributed by atoms with Crippen molar-refractivity contribution in [2.75, 3.05) is 31.3 Å². The minimum Gasteiger partial charge on any atom is -0.385 e. The van der Waals surface area contributed by atoms with Crippen molar-refractivity contribution in [3.63, 3.8) is 0 Å². The standard InChI is InChI=1S/C12H16N4O/c1-17-8-4-7-14-11-9-5-2-3-6-10(9)15-12(13)16-11/h2-3,5-6H,4,7-8H2,1H3,(H3,13,14,15,16). The number of hydrogen-bond donors (Lipinski definition) is 2. The highest BCUT2D eigenvalue weighted by Gasteiger charge is 2.04. The third-order valence-corrected chi connectivity index (χ3v) is 2.44. The number of nitrogens with one attached hydrogen (secondary N) is 1. The van der Waals surface area contributed by atoms with Gasteiger partial charge in [0.25, 0.3) is 0 Å². The van der Waals surface area contributed by atoms with Crippen LogP contribution >= 0.6 is 0 Å². The van der Waals surface area contributed by atoms with Gasteiger partial charge in [0.2, 0.25) is 5.95 Å². The van der Waals surface area contributed by atoms with Crippen LogP contribution in [0.3, 0.4) is 0 Å². The Kier molecular flexibility index (Phi) is 3.72. The van der Waals surface area contributed by atoms with Crippen molar-refractivity contribution in [1.82, 2.24) is 9.97 Å². The van der Waals surface area contributed by atoms with Gasteiger partial charge < -0.3 is 15.8 Å². The topological polar surface area (TPSA) is 73.1 Å². The molecule has 0 aliphatic carbocycles. The number of aromatic nitrogens is 2. The van der Waals surface area contributed by atoms with Crippen molar-refractivity contribution in [1.29, 1.82) is 0 Å². The van der Waals surface area contributed by atoms with E-state index in [1.54, 1.807) is 7.11 Å². The van der Waals surface area contributed by atoms with Gasteiger partial charge in [-0.25, -0.2) is 4.98 Å². The summed E-state index contributed by atoms with van der Waals surface area (Å²) >= 11 is 0. The van der Waals surface area contributed by atoms with E-state index in [2.05, 4.69) is 15.3 Å². The molecule has 0 fully saturated rings. The number of hydrogen-bond acceptors (Lipinski definition) is 5.